The van der Waals surface area contributed by atoms with E-state index in [9.17, 15) is 0 Å². The Kier molecular flexibility index (Phi) is 11.0. The summed E-state index contributed by atoms with van der Waals surface area (Å²) in [6.45, 7) is 10.7. The third-order valence-electron chi connectivity index (χ3n) is 5.61. The van der Waals surface area contributed by atoms with E-state index in [0.29, 0.717) is 23.8 Å². The predicted molar refractivity (Wildman–Crippen MR) is 134 cm³/mol. The van der Waals surface area contributed by atoms with Gasteiger partial charge in [-0.15, -0.1) is 24.0 Å². The van der Waals surface area contributed by atoms with Gasteiger partial charge in [0.25, 0.3) is 0 Å². The summed E-state index contributed by atoms with van der Waals surface area (Å²) >= 11 is 0. The van der Waals surface area contributed by atoms with Gasteiger partial charge in [0.05, 0.1) is 21.3 Å². The fourth-order valence-electron chi connectivity index (χ4n) is 3.79. The molecule has 0 amide bonds. The van der Waals surface area contributed by atoms with Crippen molar-refractivity contribution in [3.8, 4) is 17.2 Å². The number of halogens is 1. The van der Waals surface area contributed by atoms with Crippen molar-refractivity contribution in [2.75, 3.05) is 48.0 Å². The summed E-state index contributed by atoms with van der Waals surface area (Å²) in [5, 5.41) is 6.86. The number of nitrogens with zero attached hydrogens (tertiary/aromatic N) is 2. The van der Waals surface area contributed by atoms with Gasteiger partial charge in [-0.05, 0) is 56.8 Å². The molecule has 30 heavy (non-hydrogen) atoms. The molecular formula is C22H39IN4O3. The van der Waals surface area contributed by atoms with Crippen molar-refractivity contribution in [3.63, 3.8) is 0 Å². The van der Waals surface area contributed by atoms with Gasteiger partial charge >= 0.3 is 0 Å². The molecular weight excluding hydrogens is 495 g/mol. The second-order valence-electron chi connectivity index (χ2n) is 8.32. The Bertz CT molecular complexity index is 672. The summed E-state index contributed by atoms with van der Waals surface area (Å²) < 4.78 is 16.3. The summed E-state index contributed by atoms with van der Waals surface area (Å²) in [6, 6.07) is 3.89. The van der Waals surface area contributed by atoms with Crippen LogP contribution in [0.4, 0.5) is 0 Å². The maximum Gasteiger partial charge on any atom is 0.203 e. The van der Waals surface area contributed by atoms with Crippen LogP contribution in [0.15, 0.2) is 17.1 Å². The third-order valence-corrected chi connectivity index (χ3v) is 5.61. The largest absolute Gasteiger partial charge is 0.493 e. The Hall–Kier alpha value is -1.42. The molecule has 2 N–H and O–H groups in total. The van der Waals surface area contributed by atoms with Crippen molar-refractivity contribution in [3.05, 3.63) is 17.7 Å². The Morgan fingerprint density at radius 1 is 1.13 bits per heavy atom. The molecule has 7 nitrogen and oxygen atoms in total. The molecule has 1 unspecified atom stereocenters. The van der Waals surface area contributed by atoms with Gasteiger partial charge in [0, 0.05) is 32.2 Å². The molecule has 0 spiro atoms. The minimum atomic E-state index is 0. The van der Waals surface area contributed by atoms with Gasteiger partial charge < -0.3 is 24.8 Å². The minimum Gasteiger partial charge on any atom is -0.493 e. The molecule has 1 fully saturated rings. The Balaban J connectivity index is 0.00000450. The fourth-order valence-corrected chi connectivity index (χ4v) is 3.79. The number of methoxy groups -OCH3 is 3. The highest BCUT2D eigenvalue weighted by molar-refractivity contribution is 14.0. The number of benzene rings is 1. The van der Waals surface area contributed by atoms with Gasteiger partial charge in [0.15, 0.2) is 17.5 Å². The summed E-state index contributed by atoms with van der Waals surface area (Å²) in [5.74, 6) is 3.43. The zero-order chi connectivity index (χ0) is 21.4. The Morgan fingerprint density at radius 2 is 1.77 bits per heavy atom. The van der Waals surface area contributed by atoms with Crippen LogP contribution in [0.25, 0.3) is 0 Å². The Morgan fingerprint density at radius 3 is 2.27 bits per heavy atom. The smallest absolute Gasteiger partial charge is 0.203 e. The van der Waals surface area contributed by atoms with Crippen LogP contribution in [0.2, 0.25) is 0 Å². The molecule has 0 radical (unpaired) electrons. The van der Waals surface area contributed by atoms with E-state index >= 15 is 0 Å². The van der Waals surface area contributed by atoms with Crippen molar-refractivity contribution in [2.45, 2.75) is 45.7 Å². The first-order valence-electron chi connectivity index (χ1n) is 10.3. The van der Waals surface area contributed by atoms with Crippen molar-refractivity contribution in [2.24, 2.45) is 10.9 Å². The molecule has 1 aromatic carbocycles. The highest BCUT2D eigenvalue weighted by atomic mass is 127. The van der Waals surface area contributed by atoms with E-state index < -0.39 is 0 Å². The van der Waals surface area contributed by atoms with Gasteiger partial charge in [-0.25, -0.2) is 0 Å². The highest BCUT2D eigenvalue weighted by Crippen LogP contribution is 2.38. The van der Waals surface area contributed by atoms with Crippen LogP contribution in [0.1, 0.15) is 39.2 Å². The van der Waals surface area contributed by atoms with Crippen molar-refractivity contribution in [1.82, 2.24) is 15.5 Å². The van der Waals surface area contributed by atoms with Crippen LogP contribution in [0.3, 0.4) is 0 Å². The quantitative estimate of drug-likeness (QED) is 0.303. The number of guanidine groups is 1. The molecule has 1 heterocycles. The van der Waals surface area contributed by atoms with E-state index in [4.69, 9.17) is 14.2 Å². The van der Waals surface area contributed by atoms with Crippen LogP contribution < -0.4 is 24.8 Å². The second kappa shape index (κ2) is 12.4. The molecule has 0 saturated carbocycles. The lowest BCUT2D eigenvalue weighted by atomic mass is 9.93. The molecule has 2 rings (SSSR count). The minimum absolute atomic E-state index is 0. The number of hydrogen-bond donors (Lipinski definition) is 2. The maximum atomic E-state index is 5.44. The monoisotopic (exact) mass is 534 g/mol. The zero-order valence-corrected chi connectivity index (χ0v) is 21.8. The first-order chi connectivity index (χ1) is 13.8. The molecule has 1 aliphatic heterocycles. The van der Waals surface area contributed by atoms with Crippen molar-refractivity contribution >= 4 is 29.9 Å². The summed E-state index contributed by atoms with van der Waals surface area (Å²) in [4.78, 5) is 6.96. The van der Waals surface area contributed by atoms with Gasteiger partial charge in [-0.1, -0.05) is 6.92 Å². The topological polar surface area (TPSA) is 67.4 Å². The number of rotatable bonds is 8. The summed E-state index contributed by atoms with van der Waals surface area (Å²) in [7, 11) is 6.65. The number of aliphatic imine (C=N–C) groups is 1. The molecule has 8 heteroatoms. The first kappa shape index (κ1) is 26.6. The van der Waals surface area contributed by atoms with E-state index in [0.717, 1.165) is 37.1 Å². The van der Waals surface area contributed by atoms with Gasteiger partial charge in [0.1, 0.15) is 0 Å². The molecule has 0 bridgehead atoms. The van der Waals surface area contributed by atoms with E-state index in [1.54, 1.807) is 28.4 Å². The molecule has 1 atom stereocenters. The number of piperidine rings is 1. The van der Waals surface area contributed by atoms with Crippen LogP contribution in [-0.4, -0.2) is 64.4 Å². The Labute approximate surface area is 199 Å². The van der Waals surface area contributed by atoms with E-state index in [1.165, 1.54) is 12.8 Å². The van der Waals surface area contributed by atoms with Gasteiger partial charge in [0.2, 0.25) is 5.75 Å². The van der Waals surface area contributed by atoms with E-state index in [2.05, 4.69) is 41.3 Å². The lowest BCUT2D eigenvalue weighted by Crippen LogP contribution is -2.55. The molecule has 0 aliphatic carbocycles. The first-order valence-corrected chi connectivity index (χ1v) is 10.3. The number of ether oxygens (including phenoxy) is 3. The molecule has 1 aromatic rings. The molecule has 1 saturated heterocycles. The van der Waals surface area contributed by atoms with Gasteiger partial charge in [-0.3, -0.25) is 9.89 Å². The van der Waals surface area contributed by atoms with E-state index in [-0.39, 0.29) is 29.5 Å². The highest BCUT2D eigenvalue weighted by Gasteiger charge is 2.30. The zero-order valence-electron chi connectivity index (χ0n) is 19.5. The number of likely N-dealkylation sites (tertiary alicyclic amines) is 1. The third kappa shape index (κ3) is 7.08. The van der Waals surface area contributed by atoms with Crippen LogP contribution >= 0.6 is 24.0 Å². The lowest BCUT2D eigenvalue weighted by molar-refractivity contribution is 0.0739. The van der Waals surface area contributed by atoms with Gasteiger partial charge in [-0.2, -0.15) is 0 Å². The average Bonchev–Trinajstić information content (AvgIpc) is 2.72. The molecule has 1 aliphatic rings. The SMILES string of the molecule is CN=C(NCc1cc(OC)c(OC)c(OC)c1)NCC(C)(C)N1CCCC(C)C1.I. The lowest BCUT2D eigenvalue weighted by Gasteiger charge is -2.43. The molecule has 172 valence electrons. The number of hydrogen-bond acceptors (Lipinski definition) is 5. The normalized spacial score (nSPS) is 17.7. The van der Waals surface area contributed by atoms with Crippen molar-refractivity contribution < 1.29 is 14.2 Å². The molecule has 0 aromatic heterocycles. The van der Waals surface area contributed by atoms with Crippen LogP contribution in [-0.2, 0) is 6.54 Å². The van der Waals surface area contributed by atoms with E-state index in [1.807, 2.05) is 12.1 Å². The van der Waals surface area contributed by atoms with Crippen molar-refractivity contribution in [1.29, 1.82) is 0 Å². The van der Waals surface area contributed by atoms with Crippen LogP contribution in [0, 0.1) is 5.92 Å². The fraction of sp³-hybridized carbons (Fsp3) is 0.682. The standard InChI is InChI=1S/C22H38N4O3.HI/c1-16-9-8-10-26(14-16)22(2,3)15-25-21(23-4)24-13-17-11-18(27-5)20(29-7)19(12-17)28-6;/h11-12,16H,8-10,13-15H2,1-7H3,(H2,23,24,25);1H. The number of nitrogens with one attached hydrogen (secondary N) is 2. The maximum absolute atomic E-state index is 5.44. The predicted octanol–water partition coefficient (Wildman–Crippen LogP) is 3.51. The summed E-state index contributed by atoms with van der Waals surface area (Å²) in [5.41, 5.74) is 1.09. The second-order valence-corrected chi connectivity index (χ2v) is 8.32. The summed E-state index contributed by atoms with van der Waals surface area (Å²) in [6.07, 6.45) is 2.61. The average molecular weight is 534 g/mol. The van der Waals surface area contributed by atoms with Crippen LogP contribution in [0.5, 0.6) is 17.2 Å².